The molecule has 0 aliphatic carbocycles. The summed E-state index contributed by atoms with van der Waals surface area (Å²) in [5.74, 6) is 0.786. The van der Waals surface area contributed by atoms with Crippen molar-refractivity contribution < 1.29 is 4.74 Å². The van der Waals surface area contributed by atoms with E-state index in [2.05, 4.69) is 24.3 Å². The summed E-state index contributed by atoms with van der Waals surface area (Å²) in [5.41, 5.74) is 8.80. The van der Waals surface area contributed by atoms with Gasteiger partial charge < -0.3 is 20.7 Å². The predicted octanol–water partition coefficient (Wildman–Crippen LogP) is 1.42. The Hall–Kier alpha value is -1.42. The molecule has 0 amide bonds. The van der Waals surface area contributed by atoms with Gasteiger partial charge in [0.1, 0.15) is 5.75 Å². The van der Waals surface area contributed by atoms with Gasteiger partial charge in [-0.2, -0.15) is 0 Å². The van der Waals surface area contributed by atoms with E-state index < -0.39 is 0 Å². The van der Waals surface area contributed by atoms with Crippen LogP contribution in [-0.4, -0.2) is 39.7 Å². The van der Waals surface area contributed by atoms with Gasteiger partial charge in [0.2, 0.25) is 0 Å². The molecule has 0 saturated heterocycles. The Bertz CT molecular complexity index is 350. The molecular weight excluding hydrogens is 202 g/mol. The fraction of sp³-hybridized carbons (Fsp3) is 0.500. The van der Waals surface area contributed by atoms with E-state index in [0.717, 1.165) is 30.0 Å². The third-order valence-corrected chi connectivity index (χ3v) is 2.57. The zero-order valence-corrected chi connectivity index (χ0v) is 10.5. The second-order valence-electron chi connectivity index (χ2n) is 4.02. The lowest BCUT2D eigenvalue weighted by molar-refractivity contribution is 0.394. The van der Waals surface area contributed by atoms with E-state index in [-0.39, 0.29) is 0 Å². The molecule has 3 N–H and O–H groups in total. The highest BCUT2D eigenvalue weighted by Crippen LogP contribution is 2.32. The summed E-state index contributed by atoms with van der Waals surface area (Å²) in [6, 6.07) is 3.85. The fourth-order valence-electron chi connectivity index (χ4n) is 1.70. The number of anilines is 2. The van der Waals surface area contributed by atoms with E-state index in [9.17, 15) is 0 Å². The average Bonchev–Trinajstić information content (AvgIpc) is 2.26. The van der Waals surface area contributed by atoms with Crippen LogP contribution in [0.1, 0.15) is 5.56 Å². The molecule has 90 valence electrons. The molecule has 1 aromatic carbocycles. The first-order valence-electron chi connectivity index (χ1n) is 5.38. The minimum atomic E-state index is 0.690. The van der Waals surface area contributed by atoms with E-state index >= 15 is 0 Å². The van der Waals surface area contributed by atoms with E-state index in [1.165, 1.54) is 0 Å². The lowest BCUT2D eigenvalue weighted by Crippen LogP contribution is -2.16. The van der Waals surface area contributed by atoms with E-state index in [1.54, 1.807) is 7.11 Å². The van der Waals surface area contributed by atoms with Crippen LogP contribution in [0, 0.1) is 0 Å². The number of rotatable bonds is 5. The van der Waals surface area contributed by atoms with Gasteiger partial charge in [0.25, 0.3) is 0 Å². The molecule has 16 heavy (non-hydrogen) atoms. The molecule has 1 rings (SSSR count). The number of hydrogen-bond donors (Lipinski definition) is 2. The third-order valence-electron chi connectivity index (χ3n) is 2.57. The van der Waals surface area contributed by atoms with Gasteiger partial charge in [-0.1, -0.05) is 0 Å². The summed E-state index contributed by atoms with van der Waals surface area (Å²) in [7, 11) is 7.67. The Kier molecular flexibility index (Phi) is 4.43. The standard InChI is InChI=1S/C12H21N3O/c1-14-11-6-5-10(13)12(16-4)9(11)7-8-15(2)3/h5-6,14H,7-8,13H2,1-4H3. The first-order chi connectivity index (χ1) is 7.60. The van der Waals surface area contributed by atoms with Crippen molar-refractivity contribution in [2.75, 3.05) is 45.8 Å². The zero-order chi connectivity index (χ0) is 12.1. The first kappa shape index (κ1) is 12.6. The van der Waals surface area contributed by atoms with Crippen molar-refractivity contribution in [1.29, 1.82) is 0 Å². The lowest BCUT2D eigenvalue weighted by Gasteiger charge is -2.17. The molecule has 0 aromatic heterocycles. The Morgan fingerprint density at radius 3 is 2.56 bits per heavy atom. The van der Waals surface area contributed by atoms with Crippen molar-refractivity contribution in [2.24, 2.45) is 0 Å². The van der Waals surface area contributed by atoms with Crippen LogP contribution in [0.2, 0.25) is 0 Å². The number of ether oxygens (including phenoxy) is 1. The van der Waals surface area contributed by atoms with Gasteiger partial charge in [0.15, 0.2) is 0 Å². The minimum Gasteiger partial charge on any atom is -0.494 e. The second kappa shape index (κ2) is 5.61. The summed E-state index contributed by atoms with van der Waals surface area (Å²) < 4.78 is 5.37. The van der Waals surface area contributed by atoms with Crippen LogP contribution >= 0.6 is 0 Å². The van der Waals surface area contributed by atoms with Crippen molar-refractivity contribution in [3.05, 3.63) is 17.7 Å². The molecule has 1 aromatic rings. The quantitative estimate of drug-likeness (QED) is 0.741. The Morgan fingerprint density at radius 1 is 1.38 bits per heavy atom. The molecule has 4 nitrogen and oxygen atoms in total. The molecule has 0 spiro atoms. The number of nitrogens with one attached hydrogen (secondary N) is 1. The smallest absolute Gasteiger partial charge is 0.147 e. The largest absolute Gasteiger partial charge is 0.494 e. The summed E-state index contributed by atoms with van der Waals surface area (Å²) in [6.45, 7) is 0.967. The van der Waals surface area contributed by atoms with Gasteiger partial charge in [0, 0.05) is 24.8 Å². The number of benzene rings is 1. The van der Waals surface area contributed by atoms with Gasteiger partial charge in [-0.25, -0.2) is 0 Å². The van der Waals surface area contributed by atoms with E-state index in [4.69, 9.17) is 10.5 Å². The van der Waals surface area contributed by atoms with Crippen LogP contribution in [0.15, 0.2) is 12.1 Å². The molecule has 4 heteroatoms. The average molecular weight is 223 g/mol. The normalized spacial score (nSPS) is 10.6. The number of nitrogen functional groups attached to an aromatic ring is 1. The highest BCUT2D eigenvalue weighted by atomic mass is 16.5. The van der Waals surface area contributed by atoms with E-state index in [1.807, 2.05) is 19.2 Å². The highest BCUT2D eigenvalue weighted by Gasteiger charge is 2.11. The summed E-state index contributed by atoms with van der Waals surface area (Å²) in [5, 5.41) is 3.17. The molecule has 0 atom stereocenters. The Morgan fingerprint density at radius 2 is 2.06 bits per heavy atom. The summed E-state index contributed by atoms with van der Waals surface area (Å²) in [6.07, 6.45) is 0.914. The van der Waals surface area contributed by atoms with Crippen LogP contribution in [0.3, 0.4) is 0 Å². The lowest BCUT2D eigenvalue weighted by atomic mass is 10.1. The molecule has 0 saturated carbocycles. The summed E-state index contributed by atoms with van der Waals surface area (Å²) in [4.78, 5) is 2.14. The Balaban J connectivity index is 3.04. The maximum atomic E-state index is 5.90. The van der Waals surface area contributed by atoms with Crippen molar-refractivity contribution in [3.8, 4) is 5.75 Å². The van der Waals surface area contributed by atoms with E-state index in [0.29, 0.717) is 5.69 Å². The van der Waals surface area contributed by atoms with Crippen molar-refractivity contribution in [1.82, 2.24) is 4.90 Å². The van der Waals surface area contributed by atoms with Gasteiger partial charge in [-0.05, 0) is 32.6 Å². The SMILES string of the molecule is CNc1ccc(N)c(OC)c1CCN(C)C. The molecule has 0 aliphatic heterocycles. The monoisotopic (exact) mass is 223 g/mol. The van der Waals surface area contributed by atoms with Crippen LogP contribution in [-0.2, 0) is 6.42 Å². The summed E-state index contributed by atoms with van der Waals surface area (Å²) >= 11 is 0. The molecule has 0 fully saturated rings. The van der Waals surface area contributed by atoms with Gasteiger partial charge in [-0.15, -0.1) is 0 Å². The number of hydrogen-bond acceptors (Lipinski definition) is 4. The van der Waals surface area contributed by atoms with Crippen LogP contribution in [0.4, 0.5) is 11.4 Å². The van der Waals surface area contributed by atoms with Gasteiger partial charge >= 0.3 is 0 Å². The zero-order valence-electron chi connectivity index (χ0n) is 10.5. The molecule has 0 radical (unpaired) electrons. The maximum absolute atomic E-state index is 5.90. The first-order valence-corrected chi connectivity index (χ1v) is 5.38. The molecule has 0 bridgehead atoms. The third kappa shape index (κ3) is 2.79. The predicted molar refractivity (Wildman–Crippen MR) is 69.2 cm³/mol. The topological polar surface area (TPSA) is 50.5 Å². The molecular formula is C12H21N3O. The number of likely N-dealkylation sites (N-methyl/N-ethyl adjacent to an activating group) is 1. The van der Waals surface area contributed by atoms with Crippen LogP contribution in [0.25, 0.3) is 0 Å². The fourth-order valence-corrected chi connectivity index (χ4v) is 1.70. The molecule has 0 unspecified atom stereocenters. The van der Waals surface area contributed by atoms with Gasteiger partial charge in [-0.3, -0.25) is 0 Å². The highest BCUT2D eigenvalue weighted by molar-refractivity contribution is 5.68. The van der Waals surface area contributed by atoms with Crippen LogP contribution < -0.4 is 15.8 Å². The number of nitrogens with two attached hydrogens (primary N) is 1. The molecule has 0 heterocycles. The maximum Gasteiger partial charge on any atom is 0.147 e. The molecule has 0 aliphatic rings. The van der Waals surface area contributed by atoms with Gasteiger partial charge in [0.05, 0.1) is 12.8 Å². The minimum absolute atomic E-state index is 0.690. The number of nitrogens with zero attached hydrogens (tertiary/aromatic N) is 1. The van der Waals surface area contributed by atoms with Crippen molar-refractivity contribution >= 4 is 11.4 Å². The second-order valence-corrected chi connectivity index (χ2v) is 4.02. The Labute approximate surface area is 97.4 Å². The van der Waals surface area contributed by atoms with Crippen LogP contribution in [0.5, 0.6) is 5.75 Å². The van der Waals surface area contributed by atoms with Crippen molar-refractivity contribution in [2.45, 2.75) is 6.42 Å². The van der Waals surface area contributed by atoms with Crippen molar-refractivity contribution in [3.63, 3.8) is 0 Å². The number of methoxy groups -OCH3 is 1.